The summed E-state index contributed by atoms with van der Waals surface area (Å²) in [6.07, 6.45) is 2.51. The Balaban J connectivity index is 2.91. The van der Waals surface area contributed by atoms with E-state index < -0.39 is 0 Å². The topological polar surface area (TPSA) is 24.1 Å². The van der Waals surface area contributed by atoms with Crippen molar-refractivity contribution < 1.29 is 0 Å². The van der Waals surface area contributed by atoms with Gasteiger partial charge < -0.3 is 10.6 Å². The van der Waals surface area contributed by atoms with E-state index in [0.717, 1.165) is 6.67 Å². The van der Waals surface area contributed by atoms with Gasteiger partial charge in [-0.15, -0.1) is 0 Å². The maximum atomic E-state index is 3.41. The second-order valence-electron chi connectivity index (χ2n) is 3.87. The number of hydrogen-bond acceptors (Lipinski definition) is 2. The van der Waals surface area contributed by atoms with Gasteiger partial charge in [-0.2, -0.15) is 0 Å². The van der Waals surface area contributed by atoms with Crippen LogP contribution in [0.25, 0.3) is 0 Å². The Morgan fingerprint density at radius 1 is 0.818 bits per heavy atom. The lowest BCUT2D eigenvalue weighted by atomic mass is 11.0. The lowest BCUT2D eigenvalue weighted by Crippen LogP contribution is -2.37. The van der Waals surface area contributed by atoms with E-state index in [9.17, 15) is 0 Å². The summed E-state index contributed by atoms with van der Waals surface area (Å²) >= 11 is 0. The molecular formula is C7H22N2Si2. The third kappa shape index (κ3) is 10.4. The van der Waals surface area contributed by atoms with Crippen molar-refractivity contribution in [2.45, 2.75) is 26.2 Å². The second-order valence-corrected chi connectivity index (χ2v) is 10.3. The molecule has 4 heteroatoms. The molecule has 0 atom stereocenters. The SMILES string of the molecule is C[SiH](C)CNCNC[SiH](C)C. The number of rotatable bonds is 6. The molecule has 0 bridgehead atoms. The predicted molar refractivity (Wildman–Crippen MR) is 58.6 cm³/mol. The average molecular weight is 190 g/mol. The van der Waals surface area contributed by atoms with E-state index in [1.54, 1.807) is 0 Å². The van der Waals surface area contributed by atoms with Crippen molar-refractivity contribution in [3.63, 3.8) is 0 Å². The first-order chi connectivity index (χ1) is 5.13. The zero-order valence-electron chi connectivity index (χ0n) is 8.28. The van der Waals surface area contributed by atoms with Crippen LogP contribution in [0.3, 0.4) is 0 Å². The molecule has 0 unspecified atom stereocenters. The Hall–Kier alpha value is 0.354. The summed E-state index contributed by atoms with van der Waals surface area (Å²) in [6.45, 7) is 10.5. The Kier molecular flexibility index (Phi) is 7.25. The van der Waals surface area contributed by atoms with E-state index in [0.29, 0.717) is 0 Å². The third-order valence-corrected chi connectivity index (χ3v) is 3.57. The lowest BCUT2D eigenvalue weighted by molar-refractivity contribution is 0.670. The molecule has 0 aromatic rings. The van der Waals surface area contributed by atoms with Gasteiger partial charge in [0, 0.05) is 24.3 Å². The first kappa shape index (κ1) is 11.4. The molecule has 0 radical (unpaired) electrons. The standard InChI is InChI=1S/C7H22N2Si2/c1-10(2)6-8-5-9-7-11(3)4/h8-11H,5-7H2,1-4H3. The molecule has 0 amide bonds. The van der Waals surface area contributed by atoms with Crippen molar-refractivity contribution in [3.8, 4) is 0 Å². The van der Waals surface area contributed by atoms with Gasteiger partial charge in [-0.3, -0.25) is 0 Å². The zero-order chi connectivity index (χ0) is 8.69. The van der Waals surface area contributed by atoms with Gasteiger partial charge in [-0.05, 0) is 12.3 Å². The molecule has 0 rings (SSSR count). The smallest absolute Gasteiger partial charge is 0.0466 e. The van der Waals surface area contributed by atoms with Gasteiger partial charge in [0.2, 0.25) is 0 Å². The van der Waals surface area contributed by atoms with E-state index in [1.807, 2.05) is 0 Å². The second kappa shape index (κ2) is 7.03. The maximum absolute atomic E-state index is 3.41. The van der Waals surface area contributed by atoms with Crippen LogP contribution in [-0.4, -0.2) is 36.6 Å². The number of hydrogen-bond donors (Lipinski definition) is 2. The van der Waals surface area contributed by atoms with Crippen LogP contribution in [0.15, 0.2) is 0 Å². The molecule has 0 aromatic heterocycles. The van der Waals surface area contributed by atoms with E-state index in [4.69, 9.17) is 0 Å². The first-order valence-electron chi connectivity index (χ1n) is 4.54. The molecular weight excluding hydrogens is 168 g/mol. The first-order valence-corrected chi connectivity index (χ1v) is 10.8. The summed E-state index contributed by atoms with van der Waals surface area (Å²) in [5, 5.41) is 6.83. The average Bonchev–Trinajstić information content (AvgIpc) is 1.85. The molecule has 0 saturated carbocycles. The molecule has 0 heterocycles. The van der Waals surface area contributed by atoms with Gasteiger partial charge in [0.1, 0.15) is 0 Å². The summed E-state index contributed by atoms with van der Waals surface area (Å²) in [5.41, 5.74) is 0. The molecule has 0 aliphatic carbocycles. The van der Waals surface area contributed by atoms with Crippen molar-refractivity contribution >= 4 is 17.6 Å². The van der Waals surface area contributed by atoms with Gasteiger partial charge in [0.15, 0.2) is 0 Å². The molecule has 2 N–H and O–H groups in total. The van der Waals surface area contributed by atoms with Crippen molar-refractivity contribution in [1.29, 1.82) is 0 Å². The fourth-order valence-corrected chi connectivity index (χ4v) is 2.25. The summed E-state index contributed by atoms with van der Waals surface area (Å²) in [5.74, 6) is 0. The van der Waals surface area contributed by atoms with Gasteiger partial charge in [-0.1, -0.05) is 26.2 Å². The van der Waals surface area contributed by atoms with Crippen molar-refractivity contribution in [2.24, 2.45) is 0 Å². The van der Waals surface area contributed by atoms with Crippen LogP contribution >= 0.6 is 0 Å². The summed E-state index contributed by atoms with van der Waals surface area (Å²) in [4.78, 5) is 0. The molecule has 11 heavy (non-hydrogen) atoms. The van der Waals surface area contributed by atoms with Crippen LogP contribution in [0, 0.1) is 0 Å². The van der Waals surface area contributed by atoms with Crippen LogP contribution < -0.4 is 10.6 Å². The van der Waals surface area contributed by atoms with Gasteiger partial charge in [0.25, 0.3) is 0 Å². The van der Waals surface area contributed by atoms with Crippen LogP contribution in [0.1, 0.15) is 0 Å². The zero-order valence-corrected chi connectivity index (χ0v) is 10.6. The molecule has 0 aliphatic rings. The molecule has 0 fully saturated rings. The molecule has 2 nitrogen and oxygen atoms in total. The Morgan fingerprint density at radius 2 is 1.18 bits per heavy atom. The highest BCUT2D eigenvalue weighted by Crippen LogP contribution is 1.75. The largest absolute Gasteiger partial charge is 0.308 e. The fraction of sp³-hybridized carbons (Fsp3) is 1.00. The molecule has 0 saturated heterocycles. The Bertz CT molecular complexity index is 76.5. The Labute approximate surface area is 74.0 Å². The van der Waals surface area contributed by atoms with Crippen LogP contribution in [-0.2, 0) is 0 Å². The van der Waals surface area contributed by atoms with E-state index in [-0.39, 0.29) is 17.6 Å². The van der Waals surface area contributed by atoms with Crippen molar-refractivity contribution in [1.82, 2.24) is 10.6 Å². The van der Waals surface area contributed by atoms with Crippen LogP contribution in [0.5, 0.6) is 0 Å². The van der Waals surface area contributed by atoms with E-state index in [1.165, 1.54) is 12.3 Å². The summed E-state index contributed by atoms with van der Waals surface area (Å²) in [6, 6.07) is 0. The minimum atomic E-state index is -0.378. The van der Waals surface area contributed by atoms with Gasteiger partial charge in [0.05, 0.1) is 0 Å². The lowest BCUT2D eigenvalue weighted by Gasteiger charge is -2.08. The monoisotopic (exact) mass is 190 g/mol. The highest BCUT2D eigenvalue weighted by Gasteiger charge is 1.95. The minimum absolute atomic E-state index is 0.378. The van der Waals surface area contributed by atoms with Crippen LogP contribution in [0.4, 0.5) is 0 Å². The Morgan fingerprint density at radius 3 is 1.45 bits per heavy atom. The van der Waals surface area contributed by atoms with E-state index >= 15 is 0 Å². The van der Waals surface area contributed by atoms with Crippen molar-refractivity contribution in [2.75, 3.05) is 19.0 Å². The molecule has 0 aliphatic heterocycles. The van der Waals surface area contributed by atoms with E-state index in [2.05, 4.69) is 36.8 Å². The van der Waals surface area contributed by atoms with Gasteiger partial charge in [-0.25, -0.2) is 0 Å². The fourth-order valence-electron chi connectivity index (χ4n) is 0.810. The quantitative estimate of drug-likeness (QED) is 0.355. The minimum Gasteiger partial charge on any atom is -0.308 e. The highest BCUT2D eigenvalue weighted by atomic mass is 28.3. The molecule has 0 aromatic carbocycles. The van der Waals surface area contributed by atoms with Crippen molar-refractivity contribution in [3.05, 3.63) is 0 Å². The summed E-state index contributed by atoms with van der Waals surface area (Å²) < 4.78 is 0. The number of nitrogens with one attached hydrogen (secondary N) is 2. The molecule has 0 spiro atoms. The highest BCUT2D eigenvalue weighted by molar-refractivity contribution is 6.56. The molecule has 68 valence electrons. The maximum Gasteiger partial charge on any atom is 0.0466 e. The van der Waals surface area contributed by atoms with Crippen LogP contribution in [0.2, 0.25) is 26.2 Å². The third-order valence-electron chi connectivity index (χ3n) is 1.36. The predicted octanol–water partition coefficient (Wildman–Crippen LogP) is 0.175. The van der Waals surface area contributed by atoms with Gasteiger partial charge >= 0.3 is 0 Å². The normalized spacial score (nSPS) is 11.5. The summed E-state index contributed by atoms with van der Waals surface area (Å²) in [7, 11) is -0.755.